The van der Waals surface area contributed by atoms with Gasteiger partial charge in [0.1, 0.15) is 5.75 Å². The number of rotatable bonds is 6. The van der Waals surface area contributed by atoms with Gasteiger partial charge in [0, 0.05) is 6.04 Å². The second-order valence-corrected chi connectivity index (χ2v) is 6.55. The lowest BCUT2D eigenvalue weighted by Crippen LogP contribution is -2.22. The van der Waals surface area contributed by atoms with E-state index < -0.39 is 6.61 Å². The molecular formula is C20H19F2N3O2. The van der Waals surface area contributed by atoms with Crippen LogP contribution in [0.2, 0.25) is 0 Å². The Balaban J connectivity index is 1.51. The zero-order valence-electron chi connectivity index (χ0n) is 14.8. The van der Waals surface area contributed by atoms with Crippen molar-refractivity contribution in [3.63, 3.8) is 0 Å². The third-order valence-electron chi connectivity index (χ3n) is 4.83. The smallest absolute Gasteiger partial charge is 0.387 e. The summed E-state index contributed by atoms with van der Waals surface area (Å²) in [7, 11) is 2.02. The summed E-state index contributed by atoms with van der Waals surface area (Å²) in [5, 5.41) is 3.94. The molecular weight excluding hydrogens is 352 g/mol. The molecule has 1 atom stereocenters. The predicted molar refractivity (Wildman–Crippen MR) is 95.3 cm³/mol. The highest BCUT2D eigenvalue weighted by atomic mass is 19.3. The highest BCUT2D eigenvalue weighted by molar-refractivity contribution is 5.63. The van der Waals surface area contributed by atoms with Crippen LogP contribution in [0.5, 0.6) is 5.75 Å². The number of hydrogen-bond acceptors (Lipinski definition) is 5. The van der Waals surface area contributed by atoms with Gasteiger partial charge in [-0.2, -0.15) is 13.8 Å². The standard InChI is InChI=1S/C20H19F2N3O2/c1-25(16-11-10-13-6-2-3-7-14(13)16)12-18-23-19(24-27-18)15-8-4-5-9-17(15)26-20(21)22/h2-9,16,20H,10-12H2,1H3. The molecule has 1 aromatic heterocycles. The first kappa shape index (κ1) is 17.6. The molecule has 0 spiro atoms. The Labute approximate surface area is 155 Å². The molecule has 0 saturated heterocycles. The lowest BCUT2D eigenvalue weighted by molar-refractivity contribution is -0.0494. The Morgan fingerprint density at radius 2 is 1.96 bits per heavy atom. The Kier molecular flexibility index (Phi) is 4.85. The molecule has 0 aliphatic heterocycles. The summed E-state index contributed by atoms with van der Waals surface area (Å²) in [5.41, 5.74) is 3.08. The van der Waals surface area contributed by atoms with Crippen molar-refractivity contribution in [3.8, 4) is 17.1 Å². The van der Waals surface area contributed by atoms with Crippen molar-refractivity contribution in [1.82, 2.24) is 15.0 Å². The number of alkyl halides is 2. The van der Waals surface area contributed by atoms with Gasteiger partial charge in [0.2, 0.25) is 11.7 Å². The van der Waals surface area contributed by atoms with Gasteiger partial charge in [0.15, 0.2) is 0 Å². The topological polar surface area (TPSA) is 51.4 Å². The monoisotopic (exact) mass is 371 g/mol. The molecule has 0 N–H and O–H groups in total. The lowest BCUT2D eigenvalue weighted by Gasteiger charge is -2.23. The van der Waals surface area contributed by atoms with E-state index in [1.54, 1.807) is 18.2 Å². The van der Waals surface area contributed by atoms with Gasteiger partial charge in [0.05, 0.1) is 12.1 Å². The van der Waals surface area contributed by atoms with Gasteiger partial charge in [-0.05, 0) is 43.1 Å². The van der Waals surface area contributed by atoms with Crippen LogP contribution in [-0.4, -0.2) is 28.7 Å². The van der Waals surface area contributed by atoms with E-state index in [1.165, 1.54) is 17.2 Å². The summed E-state index contributed by atoms with van der Waals surface area (Å²) in [6.45, 7) is -2.43. The van der Waals surface area contributed by atoms with Gasteiger partial charge in [0.25, 0.3) is 0 Å². The number of halogens is 2. The summed E-state index contributed by atoms with van der Waals surface area (Å²) in [4.78, 5) is 6.54. The van der Waals surface area contributed by atoms with E-state index in [0.717, 1.165) is 12.8 Å². The van der Waals surface area contributed by atoms with Crippen LogP contribution in [0, 0.1) is 0 Å². The Morgan fingerprint density at radius 3 is 2.81 bits per heavy atom. The number of para-hydroxylation sites is 1. The highest BCUT2D eigenvalue weighted by Crippen LogP contribution is 2.35. The molecule has 0 radical (unpaired) electrons. The number of ether oxygens (including phenoxy) is 1. The summed E-state index contributed by atoms with van der Waals surface area (Å²) in [6, 6.07) is 15.1. The minimum Gasteiger partial charge on any atom is -0.434 e. The molecule has 0 bridgehead atoms. The van der Waals surface area contributed by atoms with Crippen molar-refractivity contribution in [2.45, 2.75) is 32.0 Å². The molecule has 27 heavy (non-hydrogen) atoms. The zero-order valence-corrected chi connectivity index (χ0v) is 14.8. The lowest BCUT2D eigenvalue weighted by atomic mass is 10.1. The molecule has 7 heteroatoms. The SMILES string of the molecule is CN(Cc1nc(-c2ccccc2OC(F)F)no1)C1CCc2ccccc21. The van der Waals surface area contributed by atoms with E-state index in [4.69, 9.17) is 4.52 Å². The third-order valence-corrected chi connectivity index (χ3v) is 4.83. The van der Waals surface area contributed by atoms with Gasteiger partial charge >= 0.3 is 6.61 Å². The first-order chi connectivity index (χ1) is 13.1. The normalized spacial score (nSPS) is 16.1. The molecule has 0 saturated carbocycles. The molecule has 3 aromatic rings. The average Bonchev–Trinajstić information content (AvgIpc) is 3.28. The van der Waals surface area contributed by atoms with Crippen LogP contribution >= 0.6 is 0 Å². The number of benzene rings is 2. The summed E-state index contributed by atoms with van der Waals surface area (Å²) >= 11 is 0. The first-order valence-electron chi connectivity index (χ1n) is 8.76. The number of fused-ring (bicyclic) bond motifs is 1. The van der Waals surface area contributed by atoms with Crippen molar-refractivity contribution in [3.05, 3.63) is 65.5 Å². The van der Waals surface area contributed by atoms with Crippen LogP contribution < -0.4 is 4.74 Å². The van der Waals surface area contributed by atoms with Crippen molar-refractivity contribution < 1.29 is 18.0 Å². The molecule has 2 aromatic carbocycles. The quantitative estimate of drug-likeness (QED) is 0.640. The molecule has 0 fully saturated rings. The summed E-state index contributed by atoms with van der Waals surface area (Å²) in [6.07, 6.45) is 2.10. The van der Waals surface area contributed by atoms with Gasteiger partial charge in [-0.3, -0.25) is 4.90 Å². The number of aromatic nitrogens is 2. The highest BCUT2D eigenvalue weighted by Gasteiger charge is 2.26. The molecule has 1 unspecified atom stereocenters. The Hall–Kier alpha value is -2.80. The molecule has 1 heterocycles. The maximum atomic E-state index is 12.6. The first-order valence-corrected chi connectivity index (χ1v) is 8.76. The molecule has 5 nitrogen and oxygen atoms in total. The van der Waals surface area contributed by atoms with Gasteiger partial charge in [-0.1, -0.05) is 41.6 Å². The minimum absolute atomic E-state index is 0.0259. The van der Waals surface area contributed by atoms with E-state index >= 15 is 0 Å². The maximum absolute atomic E-state index is 12.6. The fourth-order valence-corrected chi connectivity index (χ4v) is 3.59. The van der Waals surface area contributed by atoms with E-state index in [0.29, 0.717) is 24.0 Å². The maximum Gasteiger partial charge on any atom is 0.387 e. The van der Waals surface area contributed by atoms with Crippen LogP contribution in [0.4, 0.5) is 8.78 Å². The second kappa shape index (κ2) is 7.44. The molecule has 140 valence electrons. The third kappa shape index (κ3) is 3.68. The van der Waals surface area contributed by atoms with E-state index in [-0.39, 0.29) is 11.6 Å². The Morgan fingerprint density at radius 1 is 1.19 bits per heavy atom. The van der Waals surface area contributed by atoms with Gasteiger partial charge in [-0.25, -0.2) is 0 Å². The predicted octanol–water partition coefficient (Wildman–Crippen LogP) is 4.46. The average molecular weight is 371 g/mol. The van der Waals surface area contributed by atoms with Gasteiger partial charge < -0.3 is 9.26 Å². The van der Waals surface area contributed by atoms with Crippen molar-refractivity contribution in [1.29, 1.82) is 0 Å². The van der Waals surface area contributed by atoms with Crippen LogP contribution in [0.25, 0.3) is 11.4 Å². The minimum atomic E-state index is -2.91. The van der Waals surface area contributed by atoms with Gasteiger partial charge in [-0.15, -0.1) is 0 Å². The van der Waals surface area contributed by atoms with Crippen LogP contribution in [0.3, 0.4) is 0 Å². The molecule has 1 aliphatic carbocycles. The van der Waals surface area contributed by atoms with Crippen LogP contribution in [0.1, 0.15) is 29.5 Å². The van der Waals surface area contributed by atoms with Crippen molar-refractivity contribution in [2.75, 3.05) is 7.05 Å². The summed E-state index contributed by atoms with van der Waals surface area (Å²) in [5.74, 6) is 0.697. The second-order valence-electron chi connectivity index (χ2n) is 6.55. The molecule has 1 aliphatic rings. The van der Waals surface area contributed by atoms with Crippen molar-refractivity contribution in [2.24, 2.45) is 0 Å². The van der Waals surface area contributed by atoms with E-state index in [9.17, 15) is 8.78 Å². The summed E-state index contributed by atoms with van der Waals surface area (Å²) < 4.78 is 35.1. The molecule has 4 rings (SSSR count). The van der Waals surface area contributed by atoms with Crippen molar-refractivity contribution >= 4 is 0 Å². The molecule has 0 amide bonds. The fourth-order valence-electron chi connectivity index (χ4n) is 3.59. The van der Waals surface area contributed by atoms with E-state index in [1.807, 2.05) is 7.05 Å². The largest absolute Gasteiger partial charge is 0.434 e. The number of nitrogens with zero attached hydrogens (tertiary/aromatic N) is 3. The number of aryl methyl sites for hydroxylation is 1. The van der Waals surface area contributed by atoms with E-state index in [2.05, 4.69) is 44.0 Å². The van der Waals surface area contributed by atoms with Crippen LogP contribution in [-0.2, 0) is 13.0 Å². The fraction of sp³-hybridized carbons (Fsp3) is 0.300. The van der Waals surface area contributed by atoms with Crippen LogP contribution in [0.15, 0.2) is 53.1 Å². The Bertz CT molecular complexity index is 929. The number of hydrogen-bond donors (Lipinski definition) is 0. The zero-order chi connectivity index (χ0) is 18.8.